The molecule has 1 fully saturated rings. The van der Waals surface area contributed by atoms with Gasteiger partial charge in [0.1, 0.15) is 12.1 Å². The molecule has 0 aliphatic carbocycles. The maximum atomic E-state index is 13.0. The number of ether oxygens (including phenoxy) is 2. The summed E-state index contributed by atoms with van der Waals surface area (Å²) in [4.78, 5) is 16.9. The molecule has 0 spiro atoms. The van der Waals surface area contributed by atoms with Crippen molar-refractivity contribution >= 4 is 11.6 Å². The Bertz CT molecular complexity index is 984. The zero-order chi connectivity index (χ0) is 22.3. The highest BCUT2D eigenvalue weighted by Crippen LogP contribution is 2.19. The molecule has 2 aromatic carbocycles. The van der Waals surface area contributed by atoms with E-state index in [1.807, 2.05) is 31.1 Å². The van der Waals surface area contributed by atoms with Crippen molar-refractivity contribution in [3.63, 3.8) is 0 Å². The van der Waals surface area contributed by atoms with Crippen molar-refractivity contribution in [2.75, 3.05) is 38.8 Å². The molecule has 1 amide bonds. The second kappa shape index (κ2) is 10.2. The van der Waals surface area contributed by atoms with Gasteiger partial charge in [-0.1, -0.05) is 12.1 Å². The van der Waals surface area contributed by atoms with Gasteiger partial charge in [0.15, 0.2) is 6.61 Å². The number of nitrogens with zero attached hydrogens (tertiary/aromatic N) is 6. The molecule has 4 rings (SSSR count). The molecule has 3 aromatic rings. The van der Waals surface area contributed by atoms with Crippen molar-refractivity contribution < 1.29 is 14.3 Å². The van der Waals surface area contributed by atoms with Crippen LogP contribution in [0.5, 0.6) is 5.75 Å². The number of carbonyl (C=O) groups is 1. The summed E-state index contributed by atoms with van der Waals surface area (Å²) in [5, 5.41) is 11.1. The molecule has 0 bridgehead atoms. The van der Waals surface area contributed by atoms with Gasteiger partial charge in [-0.25, -0.2) is 4.68 Å². The number of aromatic nitrogens is 4. The van der Waals surface area contributed by atoms with Crippen molar-refractivity contribution in [1.82, 2.24) is 25.1 Å². The van der Waals surface area contributed by atoms with Crippen molar-refractivity contribution in [3.8, 4) is 11.4 Å². The second-order valence-corrected chi connectivity index (χ2v) is 8.01. The minimum absolute atomic E-state index is 0.0350. The first-order chi connectivity index (χ1) is 15.6. The SMILES string of the molecule is CN(C)c1ccc(CN(C[C@@H]2CCCO2)C(=O)COc2ccc(-n3cnnn3)cc2)cc1. The molecule has 0 N–H and O–H groups in total. The molecule has 168 valence electrons. The number of hydrogen-bond donors (Lipinski definition) is 0. The molecular formula is C23H28N6O3. The van der Waals surface area contributed by atoms with E-state index in [0.717, 1.165) is 36.4 Å². The van der Waals surface area contributed by atoms with Crippen LogP contribution in [0.4, 0.5) is 5.69 Å². The van der Waals surface area contributed by atoms with Crippen LogP contribution in [0, 0.1) is 0 Å². The summed E-state index contributed by atoms with van der Waals surface area (Å²) >= 11 is 0. The molecule has 0 unspecified atom stereocenters. The van der Waals surface area contributed by atoms with Gasteiger partial charge < -0.3 is 19.3 Å². The van der Waals surface area contributed by atoms with E-state index in [-0.39, 0.29) is 18.6 Å². The number of amides is 1. The maximum Gasteiger partial charge on any atom is 0.260 e. The Balaban J connectivity index is 1.38. The number of benzene rings is 2. The van der Waals surface area contributed by atoms with Gasteiger partial charge in [0.05, 0.1) is 11.8 Å². The van der Waals surface area contributed by atoms with Gasteiger partial charge >= 0.3 is 0 Å². The molecule has 0 saturated carbocycles. The Labute approximate surface area is 187 Å². The molecular weight excluding hydrogens is 408 g/mol. The Hall–Kier alpha value is -3.46. The van der Waals surface area contributed by atoms with Crippen molar-refractivity contribution in [1.29, 1.82) is 0 Å². The minimum atomic E-state index is -0.0678. The summed E-state index contributed by atoms with van der Waals surface area (Å²) in [5.74, 6) is 0.546. The molecule has 1 aliphatic heterocycles. The number of hydrogen-bond acceptors (Lipinski definition) is 7. The van der Waals surface area contributed by atoms with Crippen LogP contribution in [-0.2, 0) is 16.1 Å². The van der Waals surface area contributed by atoms with Crippen LogP contribution in [0.15, 0.2) is 54.9 Å². The van der Waals surface area contributed by atoms with Gasteiger partial charge in [-0.15, -0.1) is 5.10 Å². The zero-order valence-electron chi connectivity index (χ0n) is 18.4. The van der Waals surface area contributed by atoms with Gasteiger partial charge in [0.25, 0.3) is 5.91 Å². The number of tetrazole rings is 1. The Kier molecular flexibility index (Phi) is 6.96. The monoisotopic (exact) mass is 436 g/mol. The highest BCUT2D eigenvalue weighted by atomic mass is 16.5. The third-order valence-electron chi connectivity index (χ3n) is 5.44. The summed E-state index contributed by atoms with van der Waals surface area (Å²) < 4.78 is 13.1. The molecule has 9 nitrogen and oxygen atoms in total. The largest absolute Gasteiger partial charge is 0.484 e. The Morgan fingerprint density at radius 3 is 2.56 bits per heavy atom. The van der Waals surface area contributed by atoms with Crippen LogP contribution < -0.4 is 9.64 Å². The number of rotatable bonds is 9. The highest BCUT2D eigenvalue weighted by Gasteiger charge is 2.23. The van der Waals surface area contributed by atoms with E-state index in [2.05, 4.69) is 44.7 Å². The highest BCUT2D eigenvalue weighted by molar-refractivity contribution is 5.78. The van der Waals surface area contributed by atoms with E-state index < -0.39 is 0 Å². The lowest BCUT2D eigenvalue weighted by Gasteiger charge is -2.26. The third kappa shape index (κ3) is 5.61. The lowest BCUT2D eigenvalue weighted by molar-refractivity contribution is -0.135. The predicted octanol–water partition coefficient (Wildman–Crippen LogP) is 2.31. The summed E-state index contributed by atoms with van der Waals surface area (Å²) in [5.41, 5.74) is 3.02. The first-order valence-corrected chi connectivity index (χ1v) is 10.7. The molecule has 32 heavy (non-hydrogen) atoms. The van der Waals surface area contributed by atoms with Gasteiger partial charge in [-0.3, -0.25) is 4.79 Å². The zero-order valence-corrected chi connectivity index (χ0v) is 18.4. The smallest absolute Gasteiger partial charge is 0.260 e. The molecule has 1 atom stereocenters. The number of anilines is 1. The average Bonchev–Trinajstić information content (AvgIpc) is 3.52. The van der Waals surface area contributed by atoms with E-state index >= 15 is 0 Å². The quantitative estimate of drug-likeness (QED) is 0.509. The summed E-state index contributed by atoms with van der Waals surface area (Å²) in [6.45, 7) is 1.81. The van der Waals surface area contributed by atoms with Crippen LogP contribution >= 0.6 is 0 Å². The molecule has 1 saturated heterocycles. The first-order valence-electron chi connectivity index (χ1n) is 10.7. The maximum absolute atomic E-state index is 13.0. The Morgan fingerprint density at radius 1 is 1.16 bits per heavy atom. The summed E-state index contributed by atoms with van der Waals surface area (Å²) in [6.07, 6.45) is 3.61. The standard InChI is InChI=1S/C23H28N6O3/c1-27(2)19-7-5-18(6-8-19)14-28(15-22-4-3-13-31-22)23(30)16-32-21-11-9-20(10-12-21)29-17-24-25-26-29/h5-12,17,22H,3-4,13-16H2,1-2H3/t22-/m0/s1. The van der Waals surface area contributed by atoms with Crippen molar-refractivity contribution in [2.24, 2.45) is 0 Å². The van der Waals surface area contributed by atoms with Gasteiger partial charge in [0, 0.05) is 39.5 Å². The van der Waals surface area contributed by atoms with E-state index in [1.54, 1.807) is 16.8 Å². The minimum Gasteiger partial charge on any atom is -0.484 e. The van der Waals surface area contributed by atoms with Crippen LogP contribution in [0.25, 0.3) is 5.69 Å². The van der Waals surface area contributed by atoms with E-state index in [4.69, 9.17) is 9.47 Å². The summed E-state index contributed by atoms with van der Waals surface area (Å²) in [7, 11) is 4.02. The fraction of sp³-hybridized carbons (Fsp3) is 0.391. The molecule has 1 aliphatic rings. The van der Waals surface area contributed by atoms with Crippen LogP contribution in [0.2, 0.25) is 0 Å². The normalized spacial score (nSPS) is 15.5. The van der Waals surface area contributed by atoms with E-state index in [9.17, 15) is 4.79 Å². The second-order valence-electron chi connectivity index (χ2n) is 8.01. The van der Waals surface area contributed by atoms with Crippen LogP contribution in [0.1, 0.15) is 18.4 Å². The van der Waals surface area contributed by atoms with E-state index in [1.165, 1.54) is 6.33 Å². The predicted molar refractivity (Wildman–Crippen MR) is 120 cm³/mol. The van der Waals surface area contributed by atoms with Crippen LogP contribution in [0.3, 0.4) is 0 Å². The average molecular weight is 437 g/mol. The summed E-state index contributed by atoms with van der Waals surface area (Å²) in [6, 6.07) is 15.5. The fourth-order valence-electron chi connectivity index (χ4n) is 3.62. The third-order valence-corrected chi connectivity index (χ3v) is 5.44. The van der Waals surface area contributed by atoms with Crippen LogP contribution in [-0.4, -0.2) is 71.0 Å². The molecule has 1 aromatic heterocycles. The fourth-order valence-corrected chi connectivity index (χ4v) is 3.62. The number of carbonyl (C=O) groups excluding carboxylic acids is 1. The lowest BCUT2D eigenvalue weighted by atomic mass is 10.1. The topological polar surface area (TPSA) is 85.6 Å². The van der Waals surface area contributed by atoms with Crippen molar-refractivity contribution in [3.05, 3.63) is 60.4 Å². The molecule has 2 heterocycles. The van der Waals surface area contributed by atoms with Crippen molar-refractivity contribution in [2.45, 2.75) is 25.5 Å². The molecule has 0 radical (unpaired) electrons. The van der Waals surface area contributed by atoms with Gasteiger partial charge in [-0.2, -0.15) is 0 Å². The first kappa shape index (κ1) is 21.8. The van der Waals surface area contributed by atoms with Gasteiger partial charge in [0.2, 0.25) is 0 Å². The lowest BCUT2D eigenvalue weighted by Crippen LogP contribution is -2.39. The van der Waals surface area contributed by atoms with Gasteiger partial charge in [-0.05, 0) is 65.2 Å². The Morgan fingerprint density at radius 2 is 1.94 bits per heavy atom. The molecule has 9 heteroatoms. The van der Waals surface area contributed by atoms with E-state index in [0.29, 0.717) is 18.8 Å².